The molecule has 5 amide bonds. The average Bonchev–Trinajstić information content (AvgIpc) is 2.96. The number of unbranched alkanes of at least 4 members (excludes halogenated alkanes) is 1. The van der Waals surface area contributed by atoms with E-state index in [4.69, 9.17) is 11.5 Å². The summed E-state index contributed by atoms with van der Waals surface area (Å²) in [7, 11) is 0. The van der Waals surface area contributed by atoms with Gasteiger partial charge in [0, 0.05) is 6.42 Å². The van der Waals surface area contributed by atoms with Gasteiger partial charge in [-0.1, -0.05) is 30.3 Å². The van der Waals surface area contributed by atoms with Crippen molar-refractivity contribution in [3.05, 3.63) is 35.9 Å². The molecule has 0 aliphatic rings. The first-order chi connectivity index (χ1) is 19.9. The van der Waals surface area contributed by atoms with Crippen molar-refractivity contribution in [2.45, 2.75) is 62.8 Å². The predicted molar refractivity (Wildman–Crippen MR) is 149 cm³/mol. The van der Waals surface area contributed by atoms with E-state index in [1.165, 1.54) is 6.92 Å². The number of nitrogens with two attached hydrogens (primary N) is 2. The molecule has 12 N–H and O–H groups in total. The normalized spacial score (nSPS) is 14.3. The van der Waals surface area contributed by atoms with Crippen molar-refractivity contribution in [1.29, 1.82) is 0 Å². The molecule has 42 heavy (non-hydrogen) atoms. The van der Waals surface area contributed by atoms with Crippen molar-refractivity contribution in [3.8, 4) is 0 Å². The number of carbonyl (C=O) groups excluding carboxylic acids is 5. The number of hydrogen-bond acceptors (Lipinski definition) is 10. The van der Waals surface area contributed by atoms with E-state index < -0.39 is 85.5 Å². The van der Waals surface area contributed by atoms with Crippen LogP contribution in [0.1, 0.15) is 31.7 Å². The zero-order valence-electron chi connectivity index (χ0n) is 23.4. The fraction of sp³-hybridized carbons (Fsp3) is 0.538. The minimum Gasteiger partial charge on any atom is -0.480 e. The first-order valence-electron chi connectivity index (χ1n) is 13.4. The van der Waals surface area contributed by atoms with Gasteiger partial charge in [0.25, 0.3) is 0 Å². The first kappa shape index (κ1) is 35.9. The number of carbonyl (C=O) groups is 6. The zero-order valence-corrected chi connectivity index (χ0v) is 23.4. The summed E-state index contributed by atoms with van der Waals surface area (Å²) in [6.07, 6.45) is 1.11. The molecule has 0 radical (unpaired) electrons. The summed E-state index contributed by atoms with van der Waals surface area (Å²) < 4.78 is 0. The molecule has 0 aromatic heterocycles. The molecule has 0 aliphatic carbocycles. The average molecular weight is 596 g/mol. The Morgan fingerprint density at radius 1 is 0.762 bits per heavy atom. The molecule has 5 atom stereocenters. The second-order valence-electron chi connectivity index (χ2n) is 9.49. The lowest BCUT2D eigenvalue weighted by molar-refractivity contribution is -0.142. The molecular weight excluding hydrogens is 554 g/mol. The third kappa shape index (κ3) is 13.0. The lowest BCUT2D eigenvalue weighted by Gasteiger charge is -2.24. The lowest BCUT2D eigenvalue weighted by atomic mass is 10.0. The number of aliphatic carboxylic acids is 1. The lowest BCUT2D eigenvalue weighted by Crippen LogP contribution is -2.58. The van der Waals surface area contributed by atoms with Crippen LogP contribution in [0.25, 0.3) is 0 Å². The third-order valence-corrected chi connectivity index (χ3v) is 5.96. The molecule has 0 spiro atoms. The fourth-order valence-corrected chi connectivity index (χ4v) is 3.58. The summed E-state index contributed by atoms with van der Waals surface area (Å²) in [5, 5.41) is 40.1. The molecule has 16 nitrogen and oxygen atoms in total. The third-order valence-electron chi connectivity index (χ3n) is 5.96. The zero-order chi connectivity index (χ0) is 31.7. The van der Waals surface area contributed by atoms with Gasteiger partial charge in [-0.2, -0.15) is 0 Å². The molecule has 1 rings (SSSR count). The smallest absolute Gasteiger partial charge is 0.326 e. The summed E-state index contributed by atoms with van der Waals surface area (Å²) in [6, 6.07) is 2.23. The Kier molecular flexibility index (Phi) is 16.3. The topological polar surface area (TPSA) is 275 Å². The van der Waals surface area contributed by atoms with Crippen molar-refractivity contribution in [2.75, 3.05) is 26.3 Å². The van der Waals surface area contributed by atoms with E-state index in [0.29, 0.717) is 24.9 Å². The van der Waals surface area contributed by atoms with Gasteiger partial charge in [0.2, 0.25) is 29.5 Å². The molecule has 0 bridgehead atoms. The van der Waals surface area contributed by atoms with Crippen LogP contribution in [0.3, 0.4) is 0 Å². The number of carboxylic acid groups (broad SMARTS) is 1. The van der Waals surface area contributed by atoms with Crippen LogP contribution in [0.2, 0.25) is 0 Å². The van der Waals surface area contributed by atoms with E-state index in [2.05, 4.69) is 26.6 Å². The van der Waals surface area contributed by atoms with Crippen LogP contribution in [-0.4, -0.2) is 107 Å². The predicted octanol–water partition coefficient (Wildman–Crippen LogP) is -4.17. The Balaban J connectivity index is 2.89. The van der Waals surface area contributed by atoms with Crippen molar-refractivity contribution in [1.82, 2.24) is 26.6 Å². The molecule has 16 heteroatoms. The van der Waals surface area contributed by atoms with Crippen LogP contribution in [-0.2, 0) is 35.2 Å². The van der Waals surface area contributed by atoms with Gasteiger partial charge in [0.1, 0.15) is 24.2 Å². The van der Waals surface area contributed by atoms with E-state index in [-0.39, 0.29) is 12.8 Å². The van der Waals surface area contributed by atoms with Gasteiger partial charge in [0.05, 0.1) is 25.8 Å². The van der Waals surface area contributed by atoms with Crippen molar-refractivity contribution < 1.29 is 44.1 Å². The molecule has 0 saturated carbocycles. The number of hydrogen-bond donors (Lipinski definition) is 10. The Labute approximate surface area is 243 Å². The van der Waals surface area contributed by atoms with Gasteiger partial charge in [0.15, 0.2) is 0 Å². The number of aliphatic hydroxyl groups excluding tert-OH is 2. The highest BCUT2D eigenvalue weighted by atomic mass is 16.4. The minimum absolute atomic E-state index is 0.0224. The Morgan fingerprint density at radius 2 is 1.31 bits per heavy atom. The van der Waals surface area contributed by atoms with Crippen molar-refractivity contribution in [2.24, 2.45) is 11.5 Å². The largest absolute Gasteiger partial charge is 0.480 e. The number of amides is 5. The van der Waals surface area contributed by atoms with Crippen LogP contribution in [0.4, 0.5) is 0 Å². The highest BCUT2D eigenvalue weighted by Gasteiger charge is 2.30. The van der Waals surface area contributed by atoms with Crippen LogP contribution >= 0.6 is 0 Å². The van der Waals surface area contributed by atoms with Gasteiger partial charge in [-0.15, -0.1) is 0 Å². The SMILES string of the molecule is C[C@H](N)C(=O)N[C@@H](CO)C(=O)NCC(=O)N[C@@H](CO)C(=O)N[C@@H](Cc1ccccc1)C(=O)N[C@@H](CCCCN)C(=O)O. The Bertz CT molecular complexity index is 1060. The maximum absolute atomic E-state index is 13.1. The first-order valence-corrected chi connectivity index (χ1v) is 13.4. The van der Waals surface area contributed by atoms with Gasteiger partial charge >= 0.3 is 5.97 Å². The number of rotatable bonds is 19. The number of benzene rings is 1. The summed E-state index contributed by atoms with van der Waals surface area (Å²) in [5.41, 5.74) is 11.5. The van der Waals surface area contributed by atoms with E-state index >= 15 is 0 Å². The maximum atomic E-state index is 13.1. The molecule has 1 aromatic rings. The van der Waals surface area contributed by atoms with E-state index in [0.717, 1.165) is 0 Å². The second-order valence-corrected chi connectivity index (χ2v) is 9.49. The number of nitrogens with one attached hydrogen (secondary N) is 5. The summed E-state index contributed by atoms with van der Waals surface area (Å²) >= 11 is 0. The number of aliphatic hydroxyl groups is 2. The van der Waals surface area contributed by atoms with Crippen molar-refractivity contribution in [3.63, 3.8) is 0 Å². The molecule has 1 aromatic carbocycles. The van der Waals surface area contributed by atoms with Crippen LogP contribution in [0.5, 0.6) is 0 Å². The molecule has 0 unspecified atom stereocenters. The van der Waals surface area contributed by atoms with Crippen molar-refractivity contribution >= 4 is 35.5 Å². The van der Waals surface area contributed by atoms with E-state index in [9.17, 15) is 44.1 Å². The number of carboxylic acids is 1. The van der Waals surface area contributed by atoms with E-state index in [1.54, 1.807) is 30.3 Å². The van der Waals surface area contributed by atoms with Crippen LogP contribution < -0.4 is 38.1 Å². The standard InChI is InChI=1S/C26H41N7O9/c1-15(28)22(37)33-19(13-34)23(38)29-12-21(36)30-20(14-35)25(40)32-18(11-16-7-3-2-4-8-16)24(39)31-17(26(41)42)9-5-6-10-27/h2-4,7-8,15,17-20,34-35H,5-6,9-14,27-28H2,1H3,(H,29,38)(H,30,36)(H,31,39)(H,32,40)(H,33,37)(H,41,42)/t15-,17-,18-,19-,20-/m0/s1. The minimum atomic E-state index is -1.54. The Morgan fingerprint density at radius 3 is 1.86 bits per heavy atom. The molecule has 0 aliphatic heterocycles. The quantitative estimate of drug-likeness (QED) is 0.0685. The highest BCUT2D eigenvalue weighted by molar-refractivity contribution is 5.95. The van der Waals surface area contributed by atoms with Gasteiger partial charge < -0.3 is 53.4 Å². The molecular formula is C26H41N7O9. The summed E-state index contributed by atoms with van der Waals surface area (Å²) in [6.45, 7) is -0.585. The van der Waals surface area contributed by atoms with E-state index in [1.807, 2.05) is 0 Å². The molecule has 0 heterocycles. The maximum Gasteiger partial charge on any atom is 0.326 e. The van der Waals surface area contributed by atoms with Gasteiger partial charge in [-0.3, -0.25) is 24.0 Å². The monoisotopic (exact) mass is 595 g/mol. The van der Waals surface area contributed by atoms with Gasteiger partial charge in [-0.25, -0.2) is 4.79 Å². The molecule has 0 fully saturated rings. The summed E-state index contributed by atoms with van der Waals surface area (Å²) in [5.74, 6) is -5.49. The van der Waals surface area contributed by atoms with Gasteiger partial charge in [-0.05, 0) is 38.3 Å². The second kappa shape index (κ2) is 19.1. The Hall–Kier alpha value is -4.12. The van der Waals surface area contributed by atoms with Crippen LogP contribution in [0, 0.1) is 0 Å². The fourth-order valence-electron chi connectivity index (χ4n) is 3.58. The highest BCUT2D eigenvalue weighted by Crippen LogP contribution is 2.07. The summed E-state index contributed by atoms with van der Waals surface area (Å²) in [4.78, 5) is 74.0. The van der Waals surface area contributed by atoms with Crippen LogP contribution in [0.15, 0.2) is 30.3 Å². The molecule has 0 saturated heterocycles. The molecule has 234 valence electrons.